The summed E-state index contributed by atoms with van der Waals surface area (Å²) in [5, 5.41) is 4.02. The Morgan fingerprint density at radius 2 is 2.18 bits per heavy atom. The van der Waals surface area contributed by atoms with Crippen LogP contribution in [-0.4, -0.2) is 40.5 Å². The van der Waals surface area contributed by atoms with Gasteiger partial charge >= 0.3 is 0 Å². The van der Waals surface area contributed by atoms with Crippen molar-refractivity contribution in [3.05, 3.63) is 17.4 Å². The Morgan fingerprint density at radius 1 is 1.41 bits per heavy atom. The van der Waals surface area contributed by atoms with Crippen molar-refractivity contribution in [1.82, 2.24) is 14.9 Å². The van der Waals surface area contributed by atoms with Crippen LogP contribution in [0.4, 0.5) is 5.95 Å². The standard InChI is InChI=1S/C12H15ClN4/c1-17-6-7-2-12(7)3-9(10(12)17)16-11-14-4-8(13)5-15-11/h4-5,7,9-10H,2-3,6H2,1H3,(H,14,15,16). The Labute approximate surface area is 105 Å². The molecule has 1 spiro atoms. The van der Waals surface area contributed by atoms with Crippen molar-refractivity contribution in [2.45, 2.75) is 24.9 Å². The van der Waals surface area contributed by atoms with Gasteiger partial charge in [-0.15, -0.1) is 0 Å². The molecule has 1 saturated heterocycles. The van der Waals surface area contributed by atoms with Crippen LogP contribution in [0.1, 0.15) is 12.8 Å². The molecule has 0 amide bonds. The van der Waals surface area contributed by atoms with Crippen molar-refractivity contribution < 1.29 is 0 Å². The molecule has 4 atom stereocenters. The molecule has 0 aromatic carbocycles. The highest BCUT2D eigenvalue weighted by molar-refractivity contribution is 6.30. The topological polar surface area (TPSA) is 41.0 Å². The first kappa shape index (κ1) is 10.1. The lowest BCUT2D eigenvalue weighted by molar-refractivity contribution is 0.0976. The highest BCUT2D eigenvalue weighted by Gasteiger charge is 2.73. The van der Waals surface area contributed by atoms with E-state index in [-0.39, 0.29) is 0 Å². The molecule has 1 aromatic rings. The third kappa shape index (κ3) is 1.28. The molecule has 4 unspecified atom stereocenters. The van der Waals surface area contributed by atoms with Gasteiger partial charge in [0, 0.05) is 18.6 Å². The summed E-state index contributed by atoms with van der Waals surface area (Å²) < 4.78 is 0. The van der Waals surface area contributed by atoms with Crippen LogP contribution in [-0.2, 0) is 0 Å². The minimum absolute atomic E-state index is 0.508. The van der Waals surface area contributed by atoms with Gasteiger partial charge in [0.2, 0.25) is 5.95 Å². The molecule has 2 heterocycles. The van der Waals surface area contributed by atoms with Crippen LogP contribution in [0.5, 0.6) is 0 Å². The number of anilines is 1. The lowest BCUT2D eigenvalue weighted by Gasteiger charge is -2.47. The third-order valence-electron chi connectivity index (χ3n) is 4.77. The van der Waals surface area contributed by atoms with E-state index in [9.17, 15) is 0 Å². The average Bonchev–Trinajstić information content (AvgIpc) is 2.91. The van der Waals surface area contributed by atoms with E-state index in [4.69, 9.17) is 11.6 Å². The maximum atomic E-state index is 5.78. The number of likely N-dealkylation sites (N-methyl/N-ethyl adjacent to an activating group) is 1. The van der Waals surface area contributed by atoms with Gasteiger partial charge in [0.15, 0.2) is 0 Å². The van der Waals surface area contributed by atoms with Gasteiger partial charge in [-0.25, -0.2) is 9.97 Å². The smallest absolute Gasteiger partial charge is 0.222 e. The summed E-state index contributed by atoms with van der Waals surface area (Å²) >= 11 is 5.78. The van der Waals surface area contributed by atoms with Gasteiger partial charge in [-0.1, -0.05) is 11.6 Å². The van der Waals surface area contributed by atoms with Crippen molar-refractivity contribution in [3.63, 3.8) is 0 Å². The van der Waals surface area contributed by atoms with Crippen LogP contribution in [0.3, 0.4) is 0 Å². The van der Waals surface area contributed by atoms with E-state index in [0.717, 1.165) is 5.92 Å². The molecular formula is C12H15ClN4. The number of likely N-dealkylation sites (tertiary alicyclic amines) is 1. The fourth-order valence-electron chi connectivity index (χ4n) is 4.03. The largest absolute Gasteiger partial charge is 0.350 e. The van der Waals surface area contributed by atoms with E-state index in [1.807, 2.05) is 0 Å². The molecule has 1 aromatic heterocycles. The molecule has 90 valence electrons. The highest BCUT2D eigenvalue weighted by Crippen LogP contribution is 2.71. The van der Waals surface area contributed by atoms with Crippen molar-refractivity contribution in [2.75, 3.05) is 18.9 Å². The molecular weight excluding hydrogens is 236 g/mol. The van der Waals surface area contributed by atoms with Crippen molar-refractivity contribution >= 4 is 17.5 Å². The second-order valence-electron chi connectivity index (χ2n) is 5.70. The van der Waals surface area contributed by atoms with Crippen molar-refractivity contribution in [3.8, 4) is 0 Å². The quantitative estimate of drug-likeness (QED) is 0.866. The predicted octanol–water partition coefficient (Wildman–Crippen LogP) is 1.63. The Bertz CT molecular complexity index is 462. The molecule has 4 rings (SSSR count). The maximum Gasteiger partial charge on any atom is 0.222 e. The van der Waals surface area contributed by atoms with Gasteiger partial charge in [-0.3, -0.25) is 0 Å². The fraction of sp³-hybridized carbons (Fsp3) is 0.667. The summed E-state index contributed by atoms with van der Waals surface area (Å²) in [4.78, 5) is 10.9. The van der Waals surface area contributed by atoms with E-state index >= 15 is 0 Å². The molecule has 2 aliphatic carbocycles. The Hall–Kier alpha value is -0.870. The Morgan fingerprint density at radius 3 is 2.88 bits per heavy atom. The first-order valence-corrected chi connectivity index (χ1v) is 6.51. The zero-order valence-electron chi connectivity index (χ0n) is 9.73. The normalized spacial score (nSPS) is 42.6. The average molecular weight is 251 g/mol. The fourth-order valence-corrected chi connectivity index (χ4v) is 4.13. The molecule has 3 fully saturated rings. The van der Waals surface area contributed by atoms with Gasteiger partial charge in [0.05, 0.1) is 17.4 Å². The molecule has 17 heavy (non-hydrogen) atoms. The number of aromatic nitrogens is 2. The molecule has 0 radical (unpaired) electrons. The third-order valence-corrected chi connectivity index (χ3v) is 4.96. The van der Waals surface area contributed by atoms with E-state index < -0.39 is 0 Å². The molecule has 0 bridgehead atoms. The molecule has 3 aliphatic rings. The minimum atomic E-state index is 0.508. The van der Waals surface area contributed by atoms with Gasteiger partial charge in [0.25, 0.3) is 0 Å². The maximum absolute atomic E-state index is 5.78. The number of hydrogen-bond donors (Lipinski definition) is 1. The van der Waals surface area contributed by atoms with Crippen LogP contribution in [0.15, 0.2) is 12.4 Å². The van der Waals surface area contributed by atoms with E-state index in [2.05, 4.69) is 27.2 Å². The monoisotopic (exact) mass is 250 g/mol. The van der Waals surface area contributed by atoms with Crippen LogP contribution >= 0.6 is 11.6 Å². The number of hydrogen-bond acceptors (Lipinski definition) is 4. The van der Waals surface area contributed by atoms with Crippen molar-refractivity contribution in [1.29, 1.82) is 0 Å². The van der Waals surface area contributed by atoms with E-state index in [1.165, 1.54) is 19.4 Å². The Balaban J connectivity index is 1.49. The van der Waals surface area contributed by atoms with Gasteiger partial charge in [0.1, 0.15) is 0 Å². The summed E-state index contributed by atoms with van der Waals surface area (Å²) in [7, 11) is 2.23. The molecule has 2 saturated carbocycles. The second-order valence-corrected chi connectivity index (χ2v) is 6.13. The zero-order chi connectivity index (χ0) is 11.6. The number of halogens is 1. The first-order valence-electron chi connectivity index (χ1n) is 6.13. The van der Waals surface area contributed by atoms with Crippen LogP contribution in [0.2, 0.25) is 5.02 Å². The zero-order valence-corrected chi connectivity index (χ0v) is 10.5. The summed E-state index contributed by atoms with van der Waals surface area (Å²) in [5.74, 6) is 1.66. The minimum Gasteiger partial charge on any atom is -0.350 e. The van der Waals surface area contributed by atoms with Crippen LogP contribution in [0.25, 0.3) is 0 Å². The number of nitrogens with one attached hydrogen (secondary N) is 1. The van der Waals surface area contributed by atoms with Gasteiger partial charge in [-0.2, -0.15) is 0 Å². The lowest BCUT2D eigenvalue weighted by Crippen LogP contribution is -2.57. The van der Waals surface area contributed by atoms with E-state index in [1.54, 1.807) is 12.4 Å². The Kier molecular flexibility index (Phi) is 1.85. The van der Waals surface area contributed by atoms with E-state index in [0.29, 0.717) is 28.5 Å². The lowest BCUT2D eigenvalue weighted by atomic mass is 9.71. The van der Waals surface area contributed by atoms with Crippen LogP contribution in [0, 0.1) is 11.3 Å². The summed E-state index contributed by atoms with van der Waals surface area (Å²) in [5.41, 5.74) is 0.652. The predicted molar refractivity (Wildman–Crippen MR) is 66.0 cm³/mol. The van der Waals surface area contributed by atoms with Gasteiger partial charge in [-0.05, 0) is 31.2 Å². The molecule has 5 heteroatoms. The SMILES string of the molecule is CN1CC2CC23CC(Nc2ncc(Cl)cn2)C13. The molecule has 4 nitrogen and oxygen atoms in total. The summed E-state index contributed by atoms with van der Waals surface area (Å²) in [6.45, 7) is 1.27. The first-order chi connectivity index (χ1) is 8.19. The highest BCUT2D eigenvalue weighted by atomic mass is 35.5. The van der Waals surface area contributed by atoms with Gasteiger partial charge < -0.3 is 10.2 Å². The number of nitrogens with zero attached hydrogens (tertiary/aromatic N) is 3. The van der Waals surface area contributed by atoms with Crippen molar-refractivity contribution in [2.24, 2.45) is 11.3 Å². The summed E-state index contributed by atoms with van der Waals surface area (Å²) in [6.07, 6.45) is 5.99. The molecule has 1 aliphatic heterocycles. The number of rotatable bonds is 2. The van der Waals surface area contributed by atoms with Crippen LogP contribution < -0.4 is 5.32 Å². The number of piperidine rings is 1. The molecule has 1 N–H and O–H groups in total. The summed E-state index contributed by atoms with van der Waals surface area (Å²) in [6, 6.07) is 1.19. The second kappa shape index (κ2) is 3.12.